The van der Waals surface area contributed by atoms with Gasteiger partial charge in [0.1, 0.15) is 0 Å². The van der Waals surface area contributed by atoms with E-state index in [2.05, 4.69) is 41.5 Å². The number of rotatable bonds is 0. The Kier molecular flexibility index (Phi) is 3.62. The average molecular weight is 219 g/mol. The summed E-state index contributed by atoms with van der Waals surface area (Å²) >= 11 is 0. The van der Waals surface area contributed by atoms with Gasteiger partial charge in [0, 0.05) is 7.43 Å². The Morgan fingerprint density at radius 3 is 1.94 bits per heavy atom. The molecule has 0 aliphatic heterocycles. The number of hydrogen-bond acceptors (Lipinski definition) is 0. The quantitative estimate of drug-likeness (QED) is 0.501. The first-order valence-electron chi connectivity index (χ1n) is 6.30. The molecule has 0 radical (unpaired) electrons. The van der Waals surface area contributed by atoms with Crippen LogP contribution in [0.3, 0.4) is 0 Å². The third kappa shape index (κ3) is 1.63. The normalized spacial score (nSPS) is 38.6. The molecule has 0 saturated heterocycles. The maximum atomic E-state index is 2.44. The number of allylic oxidation sites excluding steroid dienone is 4. The lowest BCUT2D eigenvalue weighted by Gasteiger charge is -2.33. The zero-order valence-corrected chi connectivity index (χ0v) is 12.0. The van der Waals surface area contributed by atoms with Crippen molar-refractivity contribution >= 4 is 0 Å². The van der Waals surface area contributed by atoms with E-state index in [0.29, 0.717) is 0 Å². The summed E-state index contributed by atoms with van der Waals surface area (Å²) in [6, 6.07) is 0. The fourth-order valence-electron chi connectivity index (χ4n) is 3.74. The summed E-state index contributed by atoms with van der Waals surface area (Å²) in [7, 11) is 0. The fourth-order valence-corrected chi connectivity index (χ4v) is 3.74. The van der Waals surface area contributed by atoms with E-state index in [0.717, 1.165) is 23.7 Å². The fraction of sp³-hybridized carbons (Fsp3) is 0.688. The minimum atomic E-state index is 0. The van der Waals surface area contributed by atoms with Crippen LogP contribution in [-0.2, 0) is 0 Å². The molecule has 2 rings (SSSR count). The zero-order chi connectivity index (χ0) is 11.3. The van der Waals surface area contributed by atoms with Gasteiger partial charge in [-0.2, -0.15) is 0 Å². The predicted octanol–water partition coefficient (Wildman–Crippen LogP) is 5.03. The van der Waals surface area contributed by atoms with Gasteiger partial charge in [0.2, 0.25) is 0 Å². The van der Waals surface area contributed by atoms with Crippen molar-refractivity contribution in [2.45, 2.75) is 48.0 Å². The van der Waals surface area contributed by atoms with Crippen LogP contribution in [0.15, 0.2) is 22.3 Å². The summed E-state index contributed by atoms with van der Waals surface area (Å²) in [5, 5.41) is 0. The van der Waals surface area contributed by atoms with Gasteiger partial charge in [0.15, 0.2) is 0 Å². The second-order valence-electron chi connectivity index (χ2n) is 5.82. The topological polar surface area (TPSA) is 0 Å². The van der Waals surface area contributed by atoms with Gasteiger partial charge in [-0.05, 0) is 68.9 Å². The Bertz CT molecular complexity index is 343. The molecule has 0 amide bonds. The highest BCUT2D eigenvalue weighted by Crippen LogP contribution is 2.52. The van der Waals surface area contributed by atoms with Crippen LogP contribution >= 0.6 is 0 Å². The van der Waals surface area contributed by atoms with Gasteiger partial charge >= 0.3 is 0 Å². The second kappa shape index (κ2) is 4.31. The van der Waals surface area contributed by atoms with Gasteiger partial charge in [0.05, 0.1) is 0 Å². The molecule has 90 valence electrons. The van der Waals surface area contributed by atoms with Crippen molar-refractivity contribution in [3.8, 4) is 0 Å². The monoisotopic (exact) mass is 219 g/mol. The highest BCUT2D eigenvalue weighted by Gasteiger charge is 2.42. The molecular weight excluding hydrogens is 192 g/mol. The molecular formula is C16H27+. The SMILES string of the molecule is CC1=C(C)C2CC(C)C(C)C2C(C)=C1C.[CH3+]. The third-order valence-corrected chi connectivity index (χ3v) is 5.32. The molecule has 2 aliphatic carbocycles. The molecule has 16 heavy (non-hydrogen) atoms. The second-order valence-corrected chi connectivity index (χ2v) is 5.82. The summed E-state index contributed by atoms with van der Waals surface area (Å²) in [4.78, 5) is 0. The van der Waals surface area contributed by atoms with Gasteiger partial charge < -0.3 is 0 Å². The molecule has 1 saturated carbocycles. The molecule has 4 atom stereocenters. The Labute approximate surface area is 102 Å². The van der Waals surface area contributed by atoms with Gasteiger partial charge in [0.25, 0.3) is 0 Å². The van der Waals surface area contributed by atoms with Crippen molar-refractivity contribution in [1.82, 2.24) is 0 Å². The van der Waals surface area contributed by atoms with Crippen molar-refractivity contribution < 1.29 is 0 Å². The Hall–Kier alpha value is -0.650. The lowest BCUT2D eigenvalue weighted by molar-refractivity contribution is 0.371. The van der Waals surface area contributed by atoms with Crippen LogP contribution in [0.2, 0.25) is 0 Å². The highest BCUT2D eigenvalue weighted by molar-refractivity contribution is 5.42. The van der Waals surface area contributed by atoms with Crippen LogP contribution in [0.4, 0.5) is 0 Å². The molecule has 2 aliphatic rings. The standard InChI is InChI=1S/C15H24.CH3/c1-8-7-14-12(5)10(3)11(4)13(6)15(14)9(8)2;/h8-9,14-15H,7H2,1-6H3;1H3/q;+1. The molecule has 0 aromatic rings. The molecule has 0 heteroatoms. The summed E-state index contributed by atoms with van der Waals surface area (Å²) in [6.45, 7) is 14.2. The van der Waals surface area contributed by atoms with Crippen LogP contribution in [0.1, 0.15) is 48.0 Å². The van der Waals surface area contributed by atoms with E-state index in [9.17, 15) is 0 Å². The molecule has 0 nitrogen and oxygen atoms in total. The molecule has 0 spiro atoms. The van der Waals surface area contributed by atoms with E-state index in [1.165, 1.54) is 6.42 Å². The largest absolute Gasteiger partial charge is 0.0664 e. The predicted molar refractivity (Wildman–Crippen MR) is 73.1 cm³/mol. The lowest BCUT2D eigenvalue weighted by atomic mass is 9.72. The Morgan fingerprint density at radius 2 is 1.38 bits per heavy atom. The van der Waals surface area contributed by atoms with E-state index in [1.54, 1.807) is 22.3 Å². The highest BCUT2D eigenvalue weighted by atomic mass is 14.5. The summed E-state index contributed by atoms with van der Waals surface area (Å²) in [5.41, 5.74) is 6.46. The van der Waals surface area contributed by atoms with Crippen molar-refractivity contribution in [3.05, 3.63) is 29.7 Å². The summed E-state index contributed by atoms with van der Waals surface area (Å²) in [6.07, 6.45) is 1.40. The van der Waals surface area contributed by atoms with Crippen LogP contribution in [0.25, 0.3) is 0 Å². The molecule has 0 N–H and O–H groups in total. The third-order valence-electron chi connectivity index (χ3n) is 5.32. The Balaban J connectivity index is 0.00000128. The van der Waals surface area contributed by atoms with E-state index in [1.807, 2.05) is 0 Å². The molecule has 0 heterocycles. The first-order chi connectivity index (χ1) is 6.95. The van der Waals surface area contributed by atoms with Crippen LogP contribution in [0, 0.1) is 31.1 Å². The first-order valence-corrected chi connectivity index (χ1v) is 6.30. The first kappa shape index (κ1) is 13.4. The van der Waals surface area contributed by atoms with Crippen molar-refractivity contribution in [2.75, 3.05) is 0 Å². The van der Waals surface area contributed by atoms with Crippen molar-refractivity contribution in [1.29, 1.82) is 0 Å². The lowest BCUT2D eigenvalue weighted by Crippen LogP contribution is -2.22. The van der Waals surface area contributed by atoms with E-state index in [-0.39, 0.29) is 7.43 Å². The maximum absolute atomic E-state index is 2.44. The minimum absolute atomic E-state index is 0. The van der Waals surface area contributed by atoms with Gasteiger partial charge in [-0.15, -0.1) is 0 Å². The number of fused-ring (bicyclic) bond motifs is 1. The molecule has 4 unspecified atom stereocenters. The van der Waals surface area contributed by atoms with Crippen molar-refractivity contribution in [3.63, 3.8) is 0 Å². The summed E-state index contributed by atoms with van der Waals surface area (Å²) in [5.74, 6) is 3.44. The van der Waals surface area contributed by atoms with Crippen LogP contribution < -0.4 is 0 Å². The van der Waals surface area contributed by atoms with Gasteiger partial charge in [-0.3, -0.25) is 0 Å². The maximum Gasteiger partial charge on any atom is 0.0467 e. The molecule has 0 bridgehead atoms. The zero-order valence-electron chi connectivity index (χ0n) is 12.0. The Morgan fingerprint density at radius 1 is 0.875 bits per heavy atom. The van der Waals surface area contributed by atoms with Crippen LogP contribution in [-0.4, -0.2) is 0 Å². The van der Waals surface area contributed by atoms with E-state index >= 15 is 0 Å². The molecule has 0 aromatic heterocycles. The van der Waals surface area contributed by atoms with Gasteiger partial charge in [-0.1, -0.05) is 25.0 Å². The van der Waals surface area contributed by atoms with E-state index < -0.39 is 0 Å². The van der Waals surface area contributed by atoms with E-state index in [4.69, 9.17) is 0 Å². The summed E-state index contributed by atoms with van der Waals surface area (Å²) < 4.78 is 0. The molecule has 1 fully saturated rings. The van der Waals surface area contributed by atoms with Crippen LogP contribution in [0.5, 0.6) is 0 Å². The smallest absolute Gasteiger partial charge is 0.0467 e. The number of hydrogen-bond donors (Lipinski definition) is 0. The molecule has 0 aromatic carbocycles. The average Bonchev–Trinajstić information content (AvgIpc) is 2.50. The van der Waals surface area contributed by atoms with Gasteiger partial charge in [-0.25, -0.2) is 0 Å². The van der Waals surface area contributed by atoms with Crippen molar-refractivity contribution in [2.24, 2.45) is 23.7 Å². The minimum Gasteiger partial charge on any atom is -0.0664 e.